The molecule has 0 aliphatic heterocycles. The van der Waals surface area contributed by atoms with E-state index >= 15 is 0 Å². The predicted octanol–water partition coefficient (Wildman–Crippen LogP) is 1.56. The van der Waals surface area contributed by atoms with Gasteiger partial charge >= 0.3 is 0 Å². The van der Waals surface area contributed by atoms with Gasteiger partial charge in [0.1, 0.15) is 12.1 Å². The highest BCUT2D eigenvalue weighted by molar-refractivity contribution is 5.50. The number of unbranched alkanes of at least 4 members (excludes halogenated alkanes) is 1. The molecule has 0 saturated carbocycles. The number of aromatic nitrogens is 2. The molecule has 1 heterocycles. The summed E-state index contributed by atoms with van der Waals surface area (Å²) >= 11 is 0. The number of rotatable bonds is 6. The molecule has 0 fully saturated rings. The van der Waals surface area contributed by atoms with E-state index in [-0.39, 0.29) is 6.61 Å². The molecule has 4 heteroatoms. The van der Waals surface area contributed by atoms with Gasteiger partial charge in [-0.05, 0) is 25.7 Å². The summed E-state index contributed by atoms with van der Waals surface area (Å²) in [4.78, 5) is 11.0. The van der Waals surface area contributed by atoms with E-state index in [1.807, 2.05) is 0 Å². The van der Waals surface area contributed by atoms with E-state index in [9.17, 15) is 0 Å². The number of fused-ring (bicyclic) bond motifs is 1. The van der Waals surface area contributed by atoms with Crippen molar-refractivity contribution >= 4 is 5.82 Å². The molecular weight excluding hydrogens is 214 g/mol. The lowest BCUT2D eigenvalue weighted by atomic mass is 10.2. The molecule has 1 aromatic heterocycles. The summed E-state index contributed by atoms with van der Waals surface area (Å²) in [6.07, 6.45) is 7.30. The standard InChI is InChI=1S/C13H21N3O/c1-2-3-7-16(8-9-17)13-11-5-4-6-12(11)14-10-15-13/h10,17H,2-9H2,1H3. The van der Waals surface area contributed by atoms with Gasteiger partial charge in [0.15, 0.2) is 0 Å². The van der Waals surface area contributed by atoms with Gasteiger partial charge in [0.2, 0.25) is 0 Å². The van der Waals surface area contributed by atoms with Crippen LogP contribution < -0.4 is 4.90 Å². The molecule has 0 saturated heterocycles. The van der Waals surface area contributed by atoms with E-state index in [1.54, 1.807) is 6.33 Å². The van der Waals surface area contributed by atoms with Crippen molar-refractivity contribution in [1.29, 1.82) is 0 Å². The molecule has 0 radical (unpaired) electrons. The van der Waals surface area contributed by atoms with Crippen molar-refractivity contribution < 1.29 is 5.11 Å². The first-order chi connectivity index (χ1) is 8.36. The Hall–Kier alpha value is -1.16. The first kappa shape index (κ1) is 12.3. The van der Waals surface area contributed by atoms with Crippen LogP contribution >= 0.6 is 0 Å². The number of hydrogen-bond donors (Lipinski definition) is 1. The quantitative estimate of drug-likeness (QED) is 0.813. The minimum Gasteiger partial charge on any atom is -0.395 e. The van der Waals surface area contributed by atoms with Crippen LogP contribution in [0.25, 0.3) is 0 Å². The lowest BCUT2D eigenvalue weighted by Gasteiger charge is -2.24. The Morgan fingerprint density at radius 1 is 1.29 bits per heavy atom. The van der Waals surface area contributed by atoms with Gasteiger partial charge in [0, 0.05) is 24.3 Å². The van der Waals surface area contributed by atoms with Crippen LogP contribution in [0.4, 0.5) is 5.82 Å². The summed E-state index contributed by atoms with van der Waals surface area (Å²) in [5, 5.41) is 9.16. The molecule has 2 rings (SSSR count). The van der Waals surface area contributed by atoms with Crippen LogP contribution in [0.5, 0.6) is 0 Å². The lowest BCUT2D eigenvalue weighted by Crippen LogP contribution is -2.29. The van der Waals surface area contributed by atoms with E-state index in [0.29, 0.717) is 6.54 Å². The Kier molecular flexibility index (Phi) is 4.31. The molecule has 0 unspecified atom stereocenters. The third-order valence-corrected chi connectivity index (χ3v) is 3.30. The van der Waals surface area contributed by atoms with Crippen LogP contribution in [-0.4, -0.2) is 34.8 Å². The van der Waals surface area contributed by atoms with Crippen LogP contribution in [-0.2, 0) is 12.8 Å². The molecule has 94 valence electrons. The summed E-state index contributed by atoms with van der Waals surface area (Å²) in [5.74, 6) is 1.05. The van der Waals surface area contributed by atoms with E-state index in [2.05, 4.69) is 21.8 Å². The third kappa shape index (κ3) is 2.75. The minimum absolute atomic E-state index is 0.183. The zero-order chi connectivity index (χ0) is 12.1. The number of hydrogen-bond acceptors (Lipinski definition) is 4. The van der Waals surface area contributed by atoms with E-state index in [1.165, 1.54) is 17.7 Å². The molecule has 1 aliphatic carbocycles. The molecule has 1 N–H and O–H groups in total. The Morgan fingerprint density at radius 3 is 2.94 bits per heavy atom. The maximum Gasteiger partial charge on any atom is 0.135 e. The van der Waals surface area contributed by atoms with Gasteiger partial charge in [-0.1, -0.05) is 13.3 Å². The Bertz CT molecular complexity index is 368. The highest BCUT2D eigenvalue weighted by atomic mass is 16.3. The first-order valence-corrected chi connectivity index (χ1v) is 6.55. The van der Waals surface area contributed by atoms with Crippen molar-refractivity contribution in [2.75, 3.05) is 24.6 Å². The van der Waals surface area contributed by atoms with Crippen molar-refractivity contribution in [3.05, 3.63) is 17.6 Å². The van der Waals surface area contributed by atoms with Crippen molar-refractivity contribution in [3.8, 4) is 0 Å². The summed E-state index contributed by atoms with van der Waals surface area (Å²) in [6.45, 7) is 4.01. The normalized spacial score (nSPS) is 13.8. The molecule has 4 nitrogen and oxygen atoms in total. The molecule has 0 atom stereocenters. The minimum atomic E-state index is 0.183. The zero-order valence-electron chi connectivity index (χ0n) is 10.5. The predicted molar refractivity (Wildman–Crippen MR) is 68.3 cm³/mol. The van der Waals surface area contributed by atoms with Crippen molar-refractivity contribution in [2.45, 2.75) is 39.0 Å². The van der Waals surface area contributed by atoms with Gasteiger partial charge < -0.3 is 10.0 Å². The molecule has 0 amide bonds. The monoisotopic (exact) mass is 235 g/mol. The molecule has 17 heavy (non-hydrogen) atoms. The molecule has 0 spiro atoms. The van der Waals surface area contributed by atoms with Gasteiger partial charge in [-0.3, -0.25) is 0 Å². The highest BCUT2D eigenvalue weighted by Gasteiger charge is 2.20. The maximum atomic E-state index is 9.16. The molecule has 1 aliphatic rings. The van der Waals surface area contributed by atoms with Crippen LogP contribution in [0.1, 0.15) is 37.4 Å². The van der Waals surface area contributed by atoms with Crippen LogP contribution in [0.2, 0.25) is 0 Å². The third-order valence-electron chi connectivity index (χ3n) is 3.30. The van der Waals surface area contributed by atoms with Crippen LogP contribution in [0, 0.1) is 0 Å². The second-order valence-electron chi connectivity index (χ2n) is 4.54. The molecular formula is C13H21N3O. The summed E-state index contributed by atoms with van der Waals surface area (Å²) in [5.41, 5.74) is 2.51. The fourth-order valence-electron chi connectivity index (χ4n) is 2.41. The number of aliphatic hydroxyl groups is 1. The second kappa shape index (κ2) is 5.96. The molecule has 0 bridgehead atoms. The fraction of sp³-hybridized carbons (Fsp3) is 0.692. The van der Waals surface area contributed by atoms with Gasteiger partial charge in [-0.2, -0.15) is 0 Å². The lowest BCUT2D eigenvalue weighted by molar-refractivity contribution is 0.301. The number of anilines is 1. The summed E-state index contributed by atoms with van der Waals surface area (Å²) in [6, 6.07) is 0. The number of nitrogens with zero attached hydrogens (tertiary/aromatic N) is 3. The average molecular weight is 235 g/mol. The number of aliphatic hydroxyl groups excluding tert-OH is 1. The molecule has 1 aromatic rings. The van der Waals surface area contributed by atoms with Crippen molar-refractivity contribution in [2.24, 2.45) is 0 Å². The topological polar surface area (TPSA) is 49.2 Å². The first-order valence-electron chi connectivity index (χ1n) is 6.55. The van der Waals surface area contributed by atoms with Gasteiger partial charge in [0.05, 0.1) is 6.61 Å². The summed E-state index contributed by atoms with van der Waals surface area (Å²) in [7, 11) is 0. The fourth-order valence-corrected chi connectivity index (χ4v) is 2.41. The zero-order valence-corrected chi connectivity index (χ0v) is 10.5. The Balaban J connectivity index is 2.20. The highest BCUT2D eigenvalue weighted by Crippen LogP contribution is 2.27. The SMILES string of the molecule is CCCCN(CCO)c1ncnc2c1CCC2. The Labute approximate surface area is 103 Å². The van der Waals surface area contributed by atoms with E-state index < -0.39 is 0 Å². The number of aryl methyl sites for hydroxylation is 1. The van der Waals surface area contributed by atoms with Gasteiger partial charge in [-0.15, -0.1) is 0 Å². The summed E-state index contributed by atoms with van der Waals surface area (Å²) < 4.78 is 0. The maximum absolute atomic E-state index is 9.16. The van der Waals surface area contributed by atoms with Crippen LogP contribution in [0.3, 0.4) is 0 Å². The van der Waals surface area contributed by atoms with E-state index in [4.69, 9.17) is 5.11 Å². The average Bonchev–Trinajstić information content (AvgIpc) is 2.82. The van der Waals surface area contributed by atoms with Gasteiger partial charge in [0.25, 0.3) is 0 Å². The van der Waals surface area contributed by atoms with E-state index in [0.717, 1.165) is 38.0 Å². The molecule has 0 aromatic carbocycles. The van der Waals surface area contributed by atoms with Crippen LogP contribution in [0.15, 0.2) is 6.33 Å². The van der Waals surface area contributed by atoms with Crippen molar-refractivity contribution in [1.82, 2.24) is 9.97 Å². The van der Waals surface area contributed by atoms with Gasteiger partial charge in [-0.25, -0.2) is 9.97 Å². The second-order valence-corrected chi connectivity index (χ2v) is 4.54. The smallest absolute Gasteiger partial charge is 0.135 e. The Morgan fingerprint density at radius 2 is 2.18 bits per heavy atom. The van der Waals surface area contributed by atoms with Crippen molar-refractivity contribution in [3.63, 3.8) is 0 Å². The largest absolute Gasteiger partial charge is 0.395 e.